The number of nitrogens with zero attached hydrogens (tertiary/aromatic N) is 1. The summed E-state index contributed by atoms with van der Waals surface area (Å²) in [4.78, 5) is 39.7. The van der Waals surface area contributed by atoms with Crippen LogP contribution in [0.2, 0.25) is 0 Å². The predicted molar refractivity (Wildman–Crippen MR) is 172 cm³/mol. The minimum atomic E-state index is -0.959. The number of nitriles is 1. The van der Waals surface area contributed by atoms with E-state index in [4.69, 9.17) is 0 Å². The number of rotatable bonds is 15. The smallest absolute Gasteiger partial charge is 0.257 e. The summed E-state index contributed by atoms with van der Waals surface area (Å²) in [5, 5.41) is 15.2. The van der Waals surface area contributed by atoms with Crippen LogP contribution in [0.25, 0.3) is 0 Å². The second-order valence-electron chi connectivity index (χ2n) is 12.7. The van der Waals surface area contributed by atoms with Gasteiger partial charge in [-0.25, -0.2) is 8.78 Å². The summed E-state index contributed by atoms with van der Waals surface area (Å²) in [5.74, 6) is -3.83. The first-order valence-corrected chi connectivity index (χ1v) is 15.5. The molecule has 2 aromatic rings. The molecule has 0 spiro atoms. The lowest BCUT2D eigenvalue weighted by molar-refractivity contribution is -0.121. The molecule has 0 unspecified atom stereocenters. The number of amides is 2. The van der Waals surface area contributed by atoms with Crippen molar-refractivity contribution in [3.63, 3.8) is 0 Å². The lowest BCUT2D eigenvalue weighted by Gasteiger charge is -2.28. The van der Waals surface area contributed by atoms with Gasteiger partial charge >= 0.3 is 0 Å². The molecule has 238 valence electrons. The Kier molecular flexibility index (Phi) is 12.2. The summed E-state index contributed by atoms with van der Waals surface area (Å²) in [6.07, 6.45) is 5.40. The van der Waals surface area contributed by atoms with Crippen LogP contribution in [0.15, 0.2) is 72.5 Å². The minimum Gasteiger partial charge on any atom is -0.344 e. The van der Waals surface area contributed by atoms with Gasteiger partial charge in [-0.15, -0.1) is 5.73 Å². The molecular weight excluding hydrogens is 572 g/mol. The van der Waals surface area contributed by atoms with Crippen molar-refractivity contribution in [2.45, 2.75) is 78.2 Å². The maximum absolute atomic E-state index is 14.3. The Labute approximate surface area is 265 Å². The summed E-state index contributed by atoms with van der Waals surface area (Å²) in [5.41, 5.74) is 3.56. The van der Waals surface area contributed by atoms with Crippen LogP contribution >= 0.6 is 0 Å². The highest BCUT2D eigenvalue weighted by molar-refractivity contribution is 6.06. The fourth-order valence-corrected chi connectivity index (χ4v) is 6.19. The van der Waals surface area contributed by atoms with Gasteiger partial charge in [-0.3, -0.25) is 14.4 Å². The molecule has 0 fully saturated rings. The monoisotopic (exact) mass is 615 g/mol. The summed E-state index contributed by atoms with van der Waals surface area (Å²) >= 11 is 0. The highest BCUT2D eigenvalue weighted by atomic mass is 19.1. The van der Waals surface area contributed by atoms with Crippen LogP contribution in [0.1, 0.15) is 82.6 Å². The number of hydrogen-bond donors (Lipinski definition) is 2. The van der Waals surface area contributed by atoms with E-state index in [0.717, 1.165) is 23.4 Å². The molecule has 45 heavy (non-hydrogen) atoms. The number of hydrogen-bond acceptors (Lipinski definition) is 4. The van der Waals surface area contributed by atoms with Crippen LogP contribution in [-0.2, 0) is 15.0 Å². The second kappa shape index (κ2) is 15.6. The molecule has 4 atom stereocenters. The Morgan fingerprint density at radius 3 is 2.33 bits per heavy atom. The number of para-hydroxylation sites is 1. The molecule has 0 aliphatic carbocycles. The van der Waals surface area contributed by atoms with Gasteiger partial charge in [0.25, 0.3) is 5.91 Å². The molecule has 1 aliphatic heterocycles. The van der Waals surface area contributed by atoms with Gasteiger partial charge in [0.2, 0.25) is 5.91 Å². The summed E-state index contributed by atoms with van der Waals surface area (Å²) in [6.45, 7) is 13.4. The molecular formula is C37H43F2N3O3. The largest absolute Gasteiger partial charge is 0.344 e. The Morgan fingerprint density at radius 2 is 1.73 bits per heavy atom. The van der Waals surface area contributed by atoms with Crippen LogP contribution in [0.5, 0.6) is 0 Å². The number of benzene rings is 2. The van der Waals surface area contributed by atoms with Crippen molar-refractivity contribution in [1.29, 1.82) is 5.26 Å². The molecule has 0 radical (unpaired) electrons. The SMILES string of the molecule is C=C=C(C[C@@H](CC(C)C)C(=O)/C=C/CC[C@]1(C[C@H](C)C#N)C(=O)Nc2ccccc21)[C@@H](NC(=O)c1c(F)cccc1F)C(C)C. The number of anilines is 1. The van der Waals surface area contributed by atoms with Gasteiger partial charge in [0.05, 0.1) is 17.5 Å². The number of ketones is 1. The third-order valence-corrected chi connectivity index (χ3v) is 8.39. The fraction of sp³-hybridized carbons (Fsp3) is 0.432. The van der Waals surface area contributed by atoms with Crippen LogP contribution in [0.4, 0.5) is 14.5 Å². The van der Waals surface area contributed by atoms with Gasteiger partial charge < -0.3 is 10.6 Å². The molecule has 0 saturated carbocycles. The summed E-state index contributed by atoms with van der Waals surface area (Å²) in [6, 6.07) is 12.4. The minimum absolute atomic E-state index is 0.110. The molecule has 6 nitrogen and oxygen atoms in total. The third kappa shape index (κ3) is 8.44. The predicted octanol–water partition coefficient (Wildman–Crippen LogP) is 7.83. The molecule has 2 amide bonds. The number of halogens is 2. The van der Waals surface area contributed by atoms with Crippen molar-refractivity contribution in [2.75, 3.05) is 5.32 Å². The molecule has 0 bridgehead atoms. The van der Waals surface area contributed by atoms with E-state index in [-0.39, 0.29) is 35.9 Å². The van der Waals surface area contributed by atoms with E-state index in [2.05, 4.69) is 29.0 Å². The Balaban J connectivity index is 1.78. The molecule has 3 rings (SSSR count). The number of nitrogens with one attached hydrogen (secondary N) is 2. The number of allylic oxidation sites excluding steroid dienone is 2. The first-order valence-electron chi connectivity index (χ1n) is 15.5. The second-order valence-corrected chi connectivity index (χ2v) is 12.7. The molecule has 1 aliphatic rings. The summed E-state index contributed by atoms with van der Waals surface area (Å²) < 4.78 is 28.6. The molecule has 0 aromatic heterocycles. The Morgan fingerprint density at radius 1 is 1.07 bits per heavy atom. The average molecular weight is 616 g/mol. The topological polar surface area (TPSA) is 99.1 Å². The lowest BCUT2D eigenvalue weighted by atomic mass is 9.72. The van der Waals surface area contributed by atoms with E-state index in [0.29, 0.717) is 31.3 Å². The quantitative estimate of drug-likeness (QED) is 0.158. The van der Waals surface area contributed by atoms with E-state index in [1.807, 2.05) is 52.0 Å². The molecule has 2 aromatic carbocycles. The fourth-order valence-electron chi connectivity index (χ4n) is 6.19. The van der Waals surface area contributed by atoms with Crippen molar-refractivity contribution >= 4 is 23.3 Å². The highest BCUT2D eigenvalue weighted by Crippen LogP contribution is 2.45. The van der Waals surface area contributed by atoms with Gasteiger partial charge in [0, 0.05) is 17.5 Å². The number of carbonyl (C=O) groups is 3. The van der Waals surface area contributed by atoms with E-state index in [9.17, 15) is 28.4 Å². The van der Waals surface area contributed by atoms with E-state index in [1.165, 1.54) is 6.07 Å². The normalized spacial score (nSPS) is 17.7. The van der Waals surface area contributed by atoms with E-state index in [1.54, 1.807) is 19.1 Å². The summed E-state index contributed by atoms with van der Waals surface area (Å²) in [7, 11) is 0. The Hall–Kier alpha value is -4.34. The molecule has 2 N–H and O–H groups in total. The molecule has 0 saturated heterocycles. The zero-order valence-electron chi connectivity index (χ0n) is 26.8. The van der Waals surface area contributed by atoms with Crippen LogP contribution in [-0.4, -0.2) is 23.6 Å². The lowest BCUT2D eigenvalue weighted by Crippen LogP contribution is -2.41. The van der Waals surface area contributed by atoms with Crippen molar-refractivity contribution in [1.82, 2.24) is 5.32 Å². The first-order chi connectivity index (χ1) is 21.3. The van der Waals surface area contributed by atoms with Crippen molar-refractivity contribution in [3.05, 3.63) is 95.3 Å². The van der Waals surface area contributed by atoms with E-state index >= 15 is 0 Å². The zero-order valence-corrected chi connectivity index (χ0v) is 26.8. The van der Waals surface area contributed by atoms with Crippen LogP contribution < -0.4 is 10.6 Å². The van der Waals surface area contributed by atoms with Crippen molar-refractivity contribution in [2.24, 2.45) is 23.7 Å². The first kappa shape index (κ1) is 35.1. The third-order valence-electron chi connectivity index (χ3n) is 8.39. The maximum atomic E-state index is 14.3. The number of carbonyl (C=O) groups excluding carboxylic acids is 3. The number of fused-ring (bicyclic) bond motifs is 1. The van der Waals surface area contributed by atoms with Gasteiger partial charge in [-0.05, 0) is 86.3 Å². The Bertz CT molecular complexity index is 1510. The maximum Gasteiger partial charge on any atom is 0.257 e. The van der Waals surface area contributed by atoms with Crippen LogP contribution in [0.3, 0.4) is 0 Å². The average Bonchev–Trinajstić information content (AvgIpc) is 3.26. The van der Waals surface area contributed by atoms with E-state index < -0.39 is 40.5 Å². The standard InChI is InChI=1S/C37H43F2N3O3/c1-7-26(34(24(4)5)42-35(44)33-29(38)14-12-15-30(33)39)20-27(19-23(2)3)32(43)17-10-11-18-37(21-25(6)22-40)28-13-8-9-16-31(28)41-36(37)45/h8-10,12-17,23-25,27,34H,1,11,18-21H2,2-6H3,(H,41,45)(H,42,44)/b17-10+/t25-,27+,34-,37+/m0/s1. The highest BCUT2D eigenvalue weighted by Gasteiger charge is 2.46. The zero-order chi connectivity index (χ0) is 33.3. The van der Waals surface area contributed by atoms with Gasteiger partial charge in [-0.2, -0.15) is 5.26 Å². The van der Waals surface area contributed by atoms with Gasteiger partial charge in [-0.1, -0.05) is 64.6 Å². The van der Waals surface area contributed by atoms with Gasteiger partial charge in [0.15, 0.2) is 5.78 Å². The van der Waals surface area contributed by atoms with Crippen molar-refractivity contribution < 1.29 is 23.2 Å². The van der Waals surface area contributed by atoms with Crippen molar-refractivity contribution in [3.8, 4) is 6.07 Å². The molecule has 1 heterocycles. The molecule has 8 heteroatoms. The van der Waals surface area contributed by atoms with Crippen LogP contribution in [0, 0.1) is 46.6 Å². The van der Waals surface area contributed by atoms with Gasteiger partial charge in [0.1, 0.15) is 17.2 Å².